The molecular formula is C12H18F2N2O. The molecule has 5 heteroatoms. The molecule has 0 spiro atoms. The molecule has 17 heavy (non-hydrogen) atoms. The van der Waals surface area contributed by atoms with Gasteiger partial charge < -0.3 is 15.4 Å². The number of para-hydroxylation sites is 1. The topological polar surface area (TPSA) is 38.5 Å². The molecular weight excluding hydrogens is 226 g/mol. The first-order valence-electron chi connectivity index (χ1n) is 5.46. The molecule has 0 aliphatic heterocycles. The van der Waals surface area contributed by atoms with Crippen LogP contribution in [0.15, 0.2) is 18.2 Å². The fourth-order valence-electron chi connectivity index (χ4n) is 1.53. The van der Waals surface area contributed by atoms with Crippen LogP contribution >= 0.6 is 0 Å². The van der Waals surface area contributed by atoms with Crippen LogP contribution in [0.2, 0.25) is 0 Å². The maximum atomic E-state index is 12.3. The molecule has 0 saturated heterocycles. The van der Waals surface area contributed by atoms with E-state index in [-0.39, 0.29) is 12.6 Å². The summed E-state index contributed by atoms with van der Waals surface area (Å²) in [6.07, 6.45) is -2.40. The van der Waals surface area contributed by atoms with Gasteiger partial charge in [0.2, 0.25) is 0 Å². The van der Waals surface area contributed by atoms with E-state index in [1.807, 2.05) is 13.8 Å². The van der Waals surface area contributed by atoms with Crippen LogP contribution in [0.4, 0.5) is 20.2 Å². The lowest BCUT2D eigenvalue weighted by Crippen LogP contribution is -2.25. The lowest BCUT2D eigenvalue weighted by atomic mass is 10.2. The van der Waals surface area contributed by atoms with Crippen LogP contribution in [0.25, 0.3) is 0 Å². The van der Waals surface area contributed by atoms with E-state index in [1.54, 1.807) is 25.2 Å². The van der Waals surface area contributed by atoms with Gasteiger partial charge in [0, 0.05) is 7.05 Å². The van der Waals surface area contributed by atoms with E-state index in [9.17, 15) is 8.78 Å². The monoisotopic (exact) mass is 244 g/mol. The zero-order valence-electron chi connectivity index (χ0n) is 10.3. The van der Waals surface area contributed by atoms with Gasteiger partial charge in [-0.25, -0.2) is 8.78 Å². The average molecular weight is 244 g/mol. The summed E-state index contributed by atoms with van der Waals surface area (Å²) in [6, 6.07) is 5.17. The SMILES string of the molecule is CC(C)Oc1cccc(N(C)CC(F)F)c1N. The number of hydrogen-bond acceptors (Lipinski definition) is 3. The Morgan fingerprint density at radius 2 is 2.00 bits per heavy atom. The predicted octanol–water partition coefficient (Wildman–Crippen LogP) is 2.76. The van der Waals surface area contributed by atoms with Crippen LogP contribution in [-0.2, 0) is 0 Å². The number of nitrogens with two attached hydrogens (primary N) is 1. The zero-order valence-corrected chi connectivity index (χ0v) is 10.3. The van der Waals surface area contributed by atoms with Crippen molar-refractivity contribution in [2.75, 3.05) is 24.2 Å². The average Bonchev–Trinajstić information content (AvgIpc) is 2.19. The Balaban J connectivity index is 2.93. The third-order valence-corrected chi connectivity index (χ3v) is 2.23. The Morgan fingerprint density at radius 1 is 1.35 bits per heavy atom. The molecule has 0 aromatic heterocycles. The van der Waals surface area contributed by atoms with Gasteiger partial charge in [0.25, 0.3) is 6.43 Å². The molecule has 0 aliphatic carbocycles. The summed E-state index contributed by atoms with van der Waals surface area (Å²) in [5, 5.41) is 0. The van der Waals surface area contributed by atoms with E-state index >= 15 is 0 Å². The third kappa shape index (κ3) is 3.76. The van der Waals surface area contributed by atoms with E-state index in [4.69, 9.17) is 10.5 Å². The van der Waals surface area contributed by atoms with Crippen molar-refractivity contribution in [2.24, 2.45) is 0 Å². The van der Waals surface area contributed by atoms with Gasteiger partial charge in [0.15, 0.2) is 0 Å². The highest BCUT2D eigenvalue weighted by atomic mass is 19.3. The Hall–Kier alpha value is -1.52. The van der Waals surface area contributed by atoms with Gasteiger partial charge >= 0.3 is 0 Å². The molecule has 1 aromatic rings. The Labute approximate surface area is 100 Å². The van der Waals surface area contributed by atoms with Crippen molar-refractivity contribution in [1.29, 1.82) is 0 Å². The first kappa shape index (κ1) is 13.5. The van der Waals surface area contributed by atoms with E-state index < -0.39 is 6.43 Å². The normalized spacial score (nSPS) is 11.0. The van der Waals surface area contributed by atoms with Gasteiger partial charge in [-0.1, -0.05) is 6.07 Å². The molecule has 1 aromatic carbocycles. The van der Waals surface area contributed by atoms with Crippen molar-refractivity contribution in [1.82, 2.24) is 0 Å². The van der Waals surface area contributed by atoms with E-state index in [1.165, 1.54) is 4.90 Å². The smallest absolute Gasteiger partial charge is 0.255 e. The van der Waals surface area contributed by atoms with Crippen molar-refractivity contribution < 1.29 is 13.5 Å². The van der Waals surface area contributed by atoms with E-state index in [2.05, 4.69) is 0 Å². The highest BCUT2D eigenvalue weighted by Crippen LogP contribution is 2.32. The van der Waals surface area contributed by atoms with Crippen molar-refractivity contribution in [3.63, 3.8) is 0 Å². The summed E-state index contributed by atoms with van der Waals surface area (Å²) < 4.78 is 30.1. The number of hydrogen-bond donors (Lipinski definition) is 1. The molecule has 96 valence electrons. The van der Waals surface area contributed by atoms with Gasteiger partial charge in [-0.15, -0.1) is 0 Å². The van der Waals surface area contributed by atoms with E-state index in [0.29, 0.717) is 17.1 Å². The maximum Gasteiger partial charge on any atom is 0.255 e. The first-order chi connectivity index (χ1) is 7.91. The molecule has 0 aliphatic rings. The summed E-state index contributed by atoms with van der Waals surface area (Å²) in [6.45, 7) is 3.42. The summed E-state index contributed by atoms with van der Waals surface area (Å²) >= 11 is 0. The number of ether oxygens (including phenoxy) is 1. The van der Waals surface area contributed by atoms with Crippen LogP contribution in [-0.4, -0.2) is 26.1 Å². The molecule has 0 radical (unpaired) electrons. The van der Waals surface area contributed by atoms with Crippen molar-refractivity contribution in [3.05, 3.63) is 18.2 Å². The molecule has 3 nitrogen and oxygen atoms in total. The zero-order chi connectivity index (χ0) is 13.0. The van der Waals surface area contributed by atoms with E-state index in [0.717, 1.165) is 0 Å². The summed E-state index contributed by atoms with van der Waals surface area (Å²) in [5.74, 6) is 0.526. The number of nitrogens with zero attached hydrogens (tertiary/aromatic N) is 1. The fourth-order valence-corrected chi connectivity index (χ4v) is 1.53. The molecule has 0 bridgehead atoms. The number of nitrogen functional groups attached to an aromatic ring is 1. The summed E-state index contributed by atoms with van der Waals surface area (Å²) in [4.78, 5) is 1.42. The van der Waals surface area contributed by atoms with Gasteiger partial charge in [0.1, 0.15) is 5.75 Å². The molecule has 0 heterocycles. The molecule has 0 fully saturated rings. The standard InChI is InChI=1S/C12H18F2N2O/c1-8(2)17-10-6-4-5-9(12(10)15)16(3)7-11(13)14/h4-6,8,11H,7,15H2,1-3H3. The van der Waals surface area contributed by atoms with Crippen molar-refractivity contribution in [3.8, 4) is 5.75 Å². The third-order valence-electron chi connectivity index (χ3n) is 2.23. The van der Waals surface area contributed by atoms with Gasteiger partial charge in [-0.3, -0.25) is 0 Å². The minimum absolute atomic E-state index is 0.00652. The lowest BCUT2D eigenvalue weighted by Gasteiger charge is -2.22. The first-order valence-corrected chi connectivity index (χ1v) is 5.46. The minimum Gasteiger partial charge on any atom is -0.489 e. The second kappa shape index (κ2) is 5.70. The molecule has 0 atom stereocenters. The number of alkyl halides is 2. The number of anilines is 2. The second-order valence-electron chi connectivity index (χ2n) is 4.13. The molecule has 2 N–H and O–H groups in total. The fraction of sp³-hybridized carbons (Fsp3) is 0.500. The highest BCUT2D eigenvalue weighted by Gasteiger charge is 2.14. The second-order valence-corrected chi connectivity index (χ2v) is 4.13. The lowest BCUT2D eigenvalue weighted by molar-refractivity contribution is 0.156. The minimum atomic E-state index is -2.39. The van der Waals surface area contributed by atoms with Crippen LogP contribution in [0, 0.1) is 0 Å². The Morgan fingerprint density at radius 3 is 2.53 bits per heavy atom. The highest BCUT2D eigenvalue weighted by molar-refractivity contribution is 5.73. The van der Waals surface area contributed by atoms with Gasteiger partial charge in [0.05, 0.1) is 24.0 Å². The van der Waals surface area contributed by atoms with Crippen molar-refractivity contribution >= 4 is 11.4 Å². The Kier molecular flexibility index (Phi) is 4.54. The van der Waals surface area contributed by atoms with Crippen LogP contribution in [0.1, 0.15) is 13.8 Å². The number of halogens is 2. The number of benzene rings is 1. The summed E-state index contributed by atoms with van der Waals surface area (Å²) in [7, 11) is 1.58. The Bertz CT molecular complexity index is 370. The van der Waals surface area contributed by atoms with Crippen molar-refractivity contribution in [2.45, 2.75) is 26.4 Å². The van der Waals surface area contributed by atoms with Gasteiger partial charge in [-0.05, 0) is 26.0 Å². The molecule has 0 unspecified atom stereocenters. The van der Waals surface area contributed by atoms with Crippen LogP contribution < -0.4 is 15.4 Å². The quantitative estimate of drug-likeness (QED) is 0.809. The molecule has 1 rings (SSSR count). The largest absolute Gasteiger partial charge is 0.489 e. The van der Waals surface area contributed by atoms with Crippen LogP contribution in [0.3, 0.4) is 0 Å². The molecule has 0 saturated carbocycles. The maximum absolute atomic E-state index is 12.3. The predicted molar refractivity (Wildman–Crippen MR) is 65.9 cm³/mol. The number of rotatable bonds is 5. The summed E-state index contributed by atoms with van der Waals surface area (Å²) in [5.41, 5.74) is 6.85. The van der Waals surface area contributed by atoms with Crippen LogP contribution in [0.5, 0.6) is 5.75 Å². The molecule has 0 amide bonds. The van der Waals surface area contributed by atoms with Gasteiger partial charge in [-0.2, -0.15) is 0 Å².